The molecule has 1 aliphatic heterocycles. The molecule has 0 atom stereocenters. The highest BCUT2D eigenvalue weighted by atomic mass is 32.1. The summed E-state index contributed by atoms with van der Waals surface area (Å²) < 4.78 is 18.6. The number of morpholine rings is 1. The maximum absolute atomic E-state index is 12.7. The molecule has 1 amide bonds. The minimum Gasteiger partial charge on any atom is -0.497 e. The summed E-state index contributed by atoms with van der Waals surface area (Å²) in [5, 5.41) is 12.8. The number of fused-ring (bicyclic) bond motifs is 3. The van der Waals surface area contributed by atoms with E-state index in [1.54, 1.807) is 25.6 Å². The quantitative estimate of drug-likeness (QED) is 0.184. The molecule has 3 heterocycles. The Morgan fingerprint density at radius 1 is 0.957 bits per heavy atom. The van der Waals surface area contributed by atoms with Crippen molar-refractivity contribution in [3.8, 4) is 34.0 Å². The van der Waals surface area contributed by atoms with Gasteiger partial charge in [-0.1, -0.05) is 42.5 Å². The van der Waals surface area contributed by atoms with Gasteiger partial charge < -0.3 is 19.5 Å². The number of methoxy groups -OCH3 is 2. The Morgan fingerprint density at radius 3 is 2.28 bits per heavy atom. The fourth-order valence-corrected chi connectivity index (χ4v) is 7.13. The molecule has 0 bridgehead atoms. The summed E-state index contributed by atoms with van der Waals surface area (Å²) in [5.74, 6) is 1.70. The Hall–Kier alpha value is -4.44. The van der Waals surface area contributed by atoms with Gasteiger partial charge in [-0.05, 0) is 58.0 Å². The molecule has 2 aromatic heterocycles. The predicted molar refractivity (Wildman–Crippen MR) is 181 cm³/mol. The van der Waals surface area contributed by atoms with Crippen LogP contribution in [0.2, 0.25) is 0 Å². The highest BCUT2D eigenvalue weighted by molar-refractivity contribution is 7.08. The number of nitrogens with zero attached hydrogens (tertiary/aromatic N) is 3. The average Bonchev–Trinajstić information content (AvgIpc) is 3.85. The number of carbonyl (C=O) groups is 1. The van der Waals surface area contributed by atoms with Crippen LogP contribution in [0.15, 0.2) is 83.6 Å². The molecule has 5 aromatic rings. The van der Waals surface area contributed by atoms with Crippen molar-refractivity contribution >= 4 is 17.2 Å². The first-order chi connectivity index (χ1) is 22.6. The first-order valence-corrected chi connectivity index (χ1v) is 16.7. The number of aromatic nitrogens is 2. The fraction of sp³-hybridized carbons (Fsp3) is 0.297. The number of hydrogen-bond donors (Lipinski definition) is 1. The molecular formula is C37H38N4O4S. The molecule has 1 saturated heterocycles. The largest absolute Gasteiger partial charge is 0.497 e. The van der Waals surface area contributed by atoms with Gasteiger partial charge in [0.15, 0.2) is 0 Å². The number of benzene rings is 3. The van der Waals surface area contributed by atoms with E-state index in [-0.39, 0.29) is 11.9 Å². The number of hydrogen-bond acceptors (Lipinski definition) is 7. The van der Waals surface area contributed by atoms with Gasteiger partial charge in [-0.25, -0.2) is 0 Å². The zero-order valence-electron chi connectivity index (χ0n) is 26.2. The third kappa shape index (κ3) is 6.18. The van der Waals surface area contributed by atoms with E-state index in [0.717, 1.165) is 84.4 Å². The normalized spacial score (nSPS) is 14.2. The van der Waals surface area contributed by atoms with E-state index in [1.165, 1.54) is 16.7 Å². The first-order valence-electron chi connectivity index (χ1n) is 15.7. The lowest BCUT2D eigenvalue weighted by atomic mass is 9.97. The molecule has 0 radical (unpaired) electrons. The van der Waals surface area contributed by atoms with Crippen LogP contribution in [0.25, 0.3) is 22.5 Å². The second-order valence-electron chi connectivity index (χ2n) is 11.7. The van der Waals surface area contributed by atoms with Gasteiger partial charge in [0.1, 0.15) is 17.5 Å². The molecule has 7 rings (SSSR count). The van der Waals surface area contributed by atoms with Crippen molar-refractivity contribution in [2.45, 2.75) is 25.4 Å². The number of carbonyl (C=O) groups excluding carboxylic acids is 1. The highest BCUT2D eigenvalue weighted by Crippen LogP contribution is 2.45. The van der Waals surface area contributed by atoms with Crippen molar-refractivity contribution in [1.82, 2.24) is 20.0 Å². The summed E-state index contributed by atoms with van der Waals surface area (Å²) in [7, 11) is 3.37. The van der Waals surface area contributed by atoms with Gasteiger partial charge in [-0.2, -0.15) is 16.4 Å². The molecule has 0 spiro atoms. The molecule has 9 heteroatoms. The van der Waals surface area contributed by atoms with Crippen LogP contribution < -0.4 is 14.8 Å². The molecule has 8 nitrogen and oxygen atoms in total. The molecule has 1 N–H and O–H groups in total. The summed E-state index contributed by atoms with van der Waals surface area (Å²) in [6.45, 7) is 4.54. The van der Waals surface area contributed by atoms with Crippen LogP contribution in [-0.4, -0.2) is 67.7 Å². The van der Waals surface area contributed by atoms with Gasteiger partial charge in [0.25, 0.3) is 0 Å². The van der Waals surface area contributed by atoms with E-state index in [2.05, 4.69) is 74.2 Å². The van der Waals surface area contributed by atoms with Crippen LogP contribution in [0, 0.1) is 0 Å². The number of amides is 1. The van der Waals surface area contributed by atoms with Crippen molar-refractivity contribution in [2.75, 3.05) is 47.1 Å². The van der Waals surface area contributed by atoms with Crippen molar-refractivity contribution in [3.63, 3.8) is 0 Å². The molecule has 0 unspecified atom stereocenters. The van der Waals surface area contributed by atoms with E-state index in [9.17, 15) is 4.79 Å². The van der Waals surface area contributed by atoms with Crippen molar-refractivity contribution in [1.29, 1.82) is 0 Å². The lowest BCUT2D eigenvalue weighted by Crippen LogP contribution is -2.38. The monoisotopic (exact) mass is 634 g/mol. The Bertz CT molecular complexity index is 1750. The highest BCUT2D eigenvalue weighted by Gasteiger charge is 2.32. The number of thiophene rings is 1. The topological polar surface area (TPSA) is 77.8 Å². The van der Waals surface area contributed by atoms with Crippen molar-refractivity contribution < 1.29 is 19.0 Å². The maximum atomic E-state index is 12.7. The lowest BCUT2D eigenvalue weighted by molar-refractivity contribution is -0.121. The molecule has 1 fully saturated rings. The van der Waals surface area contributed by atoms with Crippen LogP contribution in [0.5, 0.6) is 11.5 Å². The number of rotatable bonds is 11. The summed E-state index contributed by atoms with van der Waals surface area (Å²) in [6, 6.07) is 25.0. The van der Waals surface area contributed by atoms with Gasteiger partial charge in [-0.3, -0.25) is 14.4 Å². The van der Waals surface area contributed by atoms with Crippen LogP contribution in [0.1, 0.15) is 40.3 Å². The second-order valence-corrected chi connectivity index (χ2v) is 12.5. The number of ether oxygens (including phenoxy) is 3. The predicted octanol–water partition coefficient (Wildman–Crippen LogP) is 6.18. The third-order valence-corrected chi connectivity index (χ3v) is 9.63. The first kappa shape index (κ1) is 30.2. The zero-order valence-corrected chi connectivity index (χ0v) is 27.0. The van der Waals surface area contributed by atoms with Gasteiger partial charge in [0, 0.05) is 61.1 Å². The molecular weight excluding hydrogens is 596 g/mol. The van der Waals surface area contributed by atoms with Gasteiger partial charge >= 0.3 is 0 Å². The van der Waals surface area contributed by atoms with Crippen LogP contribution in [0.3, 0.4) is 0 Å². The molecule has 1 aliphatic carbocycles. The third-order valence-electron chi connectivity index (χ3n) is 8.95. The van der Waals surface area contributed by atoms with Gasteiger partial charge in [0.2, 0.25) is 5.91 Å². The minimum absolute atomic E-state index is 0.0764. The Kier molecular flexibility index (Phi) is 8.87. The summed E-state index contributed by atoms with van der Waals surface area (Å²) in [4.78, 5) is 15.0. The SMILES string of the molecule is COc1ccc(C(c2ccc(OC)cc2)n2nc(-c3ccsc3)c3c2-c2ccc(CNC(=O)CCN4CCOCC4)cc2C3)cc1. The Labute approximate surface area is 273 Å². The molecule has 46 heavy (non-hydrogen) atoms. The van der Waals surface area contributed by atoms with E-state index in [1.807, 2.05) is 24.3 Å². The summed E-state index contributed by atoms with van der Waals surface area (Å²) >= 11 is 1.68. The van der Waals surface area contributed by atoms with Gasteiger partial charge in [0.05, 0.1) is 38.8 Å². The van der Waals surface area contributed by atoms with Crippen LogP contribution >= 0.6 is 11.3 Å². The summed E-state index contributed by atoms with van der Waals surface area (Å²) in [6.07, 6.45) is 1.28. The zero-order chi connectivity index (χ0) is 31.5. The van der Waals surface area contributed by atoms with E-state index < -0.39 is 0 Å². The van der Waals surface area contributed by atoms with E-state index >= 15 is 0 Å². The molecule has 3 aromatic carbocycles. The maximum Gasteiger partial charge on any atom is 0.221 e. The van der Waals surface area contributed by atoms with Crippen LogP contribution in [0.4, 0.5) is 0 Å². The average molecular weight is 635 g/mol. The van der Waals surface area contributed by atoms with Crippen LogP contribution in [-0.2, 0) is 22.5 Å². The Morgan fingerprint density at radius 2 is 1.65 bits per heavy atom. The summed E-state index contributed by atoms with van der Waals surface area (Å²) in [5.41, 5.74) is 10.2. The van der Waals surface area contributed by atoms with Crippen molar-refractivity contribution in [3.05, 3.63) is 111 Å². The van der Waals surface area contributed by atoms with E-state index in [0.29, 0.717) is 13.0 Å². The standard InChI is InChI=1S/C37H38N4O4S/c1-43-30-8-4-26(5-9-30)36(27-6-10-31(44-2)11-7-27)41-37-32-12-3-25(23-38-34(42)13-15-40-16-18-45-19-17-40)21-29(32)22-33(37)35(39-41)28-14-20-46-24-28/h3-12,14,20-21,24,36H,13,15-19,22-23H2,1-2H3,(H,38,42). The van der Waals surface area contributed by atoms with Crippen molar-refractivity contribution in [2.24, 2.45) is 0 Å². The smallest absolute Gasteiger partial charge is 0.221 e. The molecule has 2 aliphatic rings. The second kappa shape index (κ2) is 13.5. The van der Waals surface area contributed by atoms with Gasteiger partial charge in [-0.15, -0.1) is 0 Å². The lowest BCUT2D eigenvalue weighted by Gasteiger charge is -2.26. The minimum atomic E-state index is -0.172. The Balaban J connectivity index is 1.22. The fourth-order valence-electron chi connectivity index (χ4n) is 6.49. The van der Waals surface area contributed by atoms with E-state index in [4.69, 9.17) is 19.3 Å². The molecule has 236 valence electrons. The number of nitrogens with one attached hydrogen (secondary N) is 1. The molecule has 0 saturated carbocycles.